The zero-order valence-electron chi connectivity index (χ0n) is 12.6. The van der Waals surface area contributed by atoms with Gasteiger partial charge in [-0.1, -0.05) is 0 Å². The average molecular weight is 298 g/mol. The van der Waals surface area contributed by atoms with Crippen molar-refractivity contribution in [3.05, 3.63) is 0 Å². The maximum absolute atomic E-state index is 12.0. The van der Waals surface area contributed by atoms with Crippen LogP contribution >= 0.6 is 0 Å². The van der Waals surface area contributed by atoms with Gasteiger partial charge in [0.05, 0.1) is 13.2 Å². The van der Waals surface area contributed by atoms with Gasteiger partial charge in [0.15, 0.2) is 0 Å². The van der Waals surface area contributed by atoms with Crippen molar-refractivity contribution in [2.24, 2.45) is 0 Å². The molecule has 2 saturated heterocycles. The number of nitrogens with zero attached hydrogens (tertiary/aromatic N) is 3. The number of hydrogen-bond donors (Lipinski definition) is 1. The Balaban J connectivity index is 1.50. The van der Waals surface area contributed by atoms with Crippen molar-refractivity contribution in [3.8, 4) is 0 Å². The molecule has 0 bridgehead atoms. The second-order valence-electron chi connectivity index (χ2n) is 5.48. The fraction of sp³-hybridized carbons (Fsp3) is 0.857. The van der Waals surface area contributed by atoms with Gasteiger partial charge in [-0.05, 0) is 0 Å². The standard InChI is InChI=1S/C14H26N4O3/c19-13-17-5-7-18(8-6-17)14(20)1-2-15-3-4-16-9-11-21-12-10-16/h13,15H,1-12H2. The minimum absolute atomic E-state index is 0.180. The molecule has 0 saturated carbocycles. The van der Waals surface area contributed by atoms with E-state index in [0.717, 1.165) is 52.3 Å². The summed E-state index contributed by atoms with van der Waals surface area (Å²) in [5.41, 5.74) is 0. The molecule has 2 amide bonds. The Labute approximate surface area is 126 Å². The van der Waals surface area contributed by atoms with Gasteiger partial charge >= 0.3 is 0 Å². The number of carbonyl (C=O) groups excluding carboxylic acids is 2. The third-order valence-electron chi connectivity index (χ3n) is 4.04. The molecule has 1 N–H and O–H groups in total. The largest absolute Gasteiger partial charge is 0.379 e. The summed E-state index contributed by atoms with van der Waals surface area (Å²) in [5.74, 6) is 0.180. The number of ether oxygens (including phenoxy) is 1. The Morgan fingerprint density at radius 3 is 2.43 bits per heavy atom. The molecule has 2 rings (SSSR count). The number of piperazine rings is 1. The summed E-state index contributed by atoms with van der Waals surface area (Å²) in [7, 11) is 0. The number of rotatable bonds is 7. The number of amides is 2. The molecule has 2 aliphatic rings. The maximum atomic E-state index is 12.0. The van der Waals surface area contributed by atoms with Crippen molar-refractivity contribution in [2.75, 3.05) is 72.1 Å². The van der Waals surface area contributed by atoms with Crippen LogP contribution in [0.3, 0.4) is 0 Å². The molecule has 0 unspecified atom stereocenters. The second kappa shape index (κ2) is 8.96. The van der Waals surface area contributed by atoms with Crippen LogP contribution in [-0.2, 0) is 14.3 Å². The van der Waals surface area contributed by atoms with Gasteiger partial charge < -0.3 is 19.9 Å². The summed E-state index contributed by atoms with van der Waals surface area (Å²) in [5, 5.41) is 3.33. The van der Waals surface area contributed by atoms with Crippen molar-refractivity contribution in [3.63, 3.8) is 0 Å². The Hall–Kier alpha value is -1.18. The Bertz CT molecular complexity index is 326. The first-order chi connectivity index (χ1) is 10.3. The molecule has 21 heavy (non-hydrogen) atoms. The topological polar surface area (TPSA) is 65.1 Å². The van der Waals surface area contributed by atoms with Crippen LogP contribution in [0.15, 0.2) is 0 Å². The van der Waals surface area contributed by atoms with Gasteiger partial charge in [-0.25, -0.2) is 0 Å². The summed E-state index contributed by atoms with van der Waals surface area (Å²) in [4.78, 5) is 28.6. The van der Waals surface area contributed by atoms with Crippen LogP contribution in [0.1, 0.15) is 6.42 Å². The molecule has 0 aromatic rings. The first-order valence-electron chi connectivity index (χ1n) is 7.77. The van der Waals surface area contributed by atoms with Crippen molar-refractivity contribution >= 4 is 12.3 Å². The lowest BCUT2D eigenvalue weighted by Gasteiger charge is -2.32. The maximum Gasteiger partial charge on any atom is 0.223 e. The number of nitrogens with one attached hydrogen (secondary N) is 1. The minimum atomic E-state index is 0.180. The van der Waals surface area contributed by atoms with E-state index in [0.29, 0.717) is 32.6 Å². The predicted molar refractivity (Wildman–Crippen MR) is 79.0 cm³/mol. The number of morpholine rings is 1. The molecule has 7 nitrogen and oxygen atoms in total. The van der Waals surface area contributed by atoms with Gasteiger partial charge in [-0.3, -0.25) is 14.5 Å². The highest BCUT2D eigenvalue weighted by atomic mass is 16.5. The molecule has 2 heterocycles. The number of carbonyl (C=O) groups is 2. The molecule has 0 aromatic heterocycles. The van der Waals surface area contributed by atoms with Crippen molar-refractivity contribution in [1.29, 1.82) is 0 Å². The Morgan fingerprint density at radius 2 is 1.76 bits per heavy atom. The van der Waals surface area contributed by atoms with Gasteiger partial charge in [0.1, 0.15) is 0 Å². The van der Waals surface area contributed by atoms with E-state index in [1.54, 1.807) is 4.90 Å². The van der Waals surface area contributed by atoms with Crippen LogP contribution in [0, 0.1) is 0 Å². The lowest BCUT2D eigenvalue weighted by Crippen LogP contribution is -2.48. The van der Waals surface area contributed by atoms with Crippen LogP contribution in [0.4, 0.5) is 0 Å². The zero-order valence-corrected chi connectivity index (χ0v) is 12.6. The summed E-state index contributed by atoms with van der Waals surface area (Å²) in [6.45, 7) is 8.91. The third kappa shape index (κ3) is 5.61. The predicted octanol–water partition coefficient (Wildman–Crippen LogP) is -1.40. The van der Waals surface area contributed by atoms with Crippen molar-refractivity contribution in [2.45, 2.75) is 6.42 Å². The lowest BCUT2D eigenvalue weighted by atomic mass is 10.3. The van der Waals surface area contributed by atoms with Crippen molar-refractivity contribution in [1.82, 2.24) is 20.0 Å². The highest BCUT2D eigenvalue weighted by Gasteiger charge is 2.19. The molecule has 0 aliphatic carbocycles. The van der Waals surface area contributed by atoms with Crippen LogP contribution < -0.4 is 5.32 Å². The van der Waals surface area contributed by atoms with E-state index < -0.39 is 0 Å². The molecule has 0 atom stereocenters. The summed E-state index contributed by atoms with van der Waals surface area (Å²) >= 11 is 0. The van der Waals surface area contributed by atoms with Crippen LogP contribution in [-0.4, -0.2) is 99.1 Å². The molecule has 7 heteroatoms. The molecular weight excluding hydrogens is 272 g/mol. The van der Waals surface area contributed by atoms with Crippen molar-refractivity contribution < 1.29 is 14.3 Å². The van der Waals surface area contributed by atoms with E-state index in [1.807, 2.05) is 4.90 Å². The highest BCUT2D eigenvalue weighted by molar-refractivity contribution is 5.76. The molecular formula is C14H26N4O3. The van der Waals surface area contributed by atoms with Gasteiger partial charge in [0.25, 0.3) is 0 Å². The van der Waals surface area contributed by atoms with Gasteiger partial charge in [0, 0.05) is 65.3 Å². The molecule has 2 fully saturated rings. The van der Waals surface area contributed by atoms with Crippen LogP contribution in [0.5, 0.6) is 0 Å². The first-order valence-corrected chi connectivity index (χ1v) is 7.77. The molecule has 2 aliphatic heterocycles. The Kier molecular flexibility index (Phi) is 6.91. The highest BCUT2D eigenvalue weighted by Crippen LogP contribution is 2.01. The SMILES string of the molecule is O=CN1CCN(C(=O)CCNCCN2CCOCC2)CC1. The molecule has 0 radical (unpaired) electrons. The number of hydrogen-bond acceptors (Lipinski definition) is 5. The molecule has 0 spiro atoms. The normalized spacial score (nSPS) is 20.6. The minimum Gasteiger partial charge on any atom is -0.379 e. The molecule has 0 aromatic carbocycles. The smallest absolute Gasteiger partial charge is 0.223 e. The Morgan fingerprint density at radius 1 is 1.05 bits per heavy atom. The van der Waals surface area contributed by atoms with E-state index in [-0.39, 0.29) is 5.91 Å². The van der Waals surface area contributed by atoms with Gasteiger partial charge in [-0.2, -0.15) is 0 Å². The van der Waals surface area contributed by atoms with E-state index >= 15 is 0 Å². The van der Waals surface area contributed by atoms with E-state index in [1.165, 1.54) is 0 Å². The fourth-order valence-corrected chi connectivity index (χ4v) is 2.62. The van der Waals surface area contributed by atoms with Gasteiger partial charge in [0.2, 0.25) is 12.3 Å². The zero-order chi connectivity index (χ0) is 14.9. The monoisotopic (exact) mass is 298 g/mol. The fourth-order valence-electron chi connectivity index (χ4n) is 2.62. The summed E-state index contributed by atoms with van der Waals surface area (Å²) in [6.07, 6.45) is 1.39. The van der Waals surface area contributed by atoms with Gasteiger partial charge in [-0.15, -0.1) is 0 Å². The lowest BCUT2D eigenvalue weighted by molar-refractivity contribution is -0.135. The first kappa shape index (κ1) is 16.2. The second-order valence-corrected chi connectivity index (χ2v) is 5.48. The summed E-state index contributed by atoms with van der Waals surface area (Å²) in [6, 6.07) is 0. The van der Waals surface area contributed by atoms with E-state index in [4.69, 9.17) is 4.74 Å². The quantitative estimate of drug-likeness (QED) is 0.462. The van der Waals surface area contributed by atoms with E-state index in [2.05, 4.69) is 10.2 Å². The molecule has 120 valence electrons. The average Bonchev–Trinajstić information content (AvgIpc) is 2.55. The third-order valence-corrected chi connectivity index (χ3v) is 4.04. The summed E-state index contributed by atoms with van der Waals surface area (Å²) < 4.78 is 5.30. The van der Waals surface area contributed by atoms with Crippen LogP contribution in [0.25, 0.3) is 0 Å². The van der Waals surface area contributed by atoms with Crippen LogP contribution in [0.2, 0.25) is 0 Å². The van der Waals surface area contributed by atoms with E-state index in [9.17, 15) is 9.59 Å².